The van der Waals surface area contributed by atoms with E-state index in [0.29, 0.717) is 5.41 Å². The van der Waals surface area contributed by atoms with Crippen LogP contribution in [0.2, 0.25) is 0 Å². The van der Waals surface area contributed by atoms with Gasteiger partial charge >= 0.3 is 0 Å². The van der Waals surface area contributed by atoms with E-state index < -0.39 is 0 Å². The Kier molecular flexibility index (Phi) is 3.43. The van der Waals surface area contributed by atoms with Crippen molar-refractivity contribution in [1.29, 1.82) is 0 Å². The van der Waals surface area contributed by atoms with Gasteiger partial charge in [-0.05, 0) is 43.2 Å². The molecule has 1 aliphatic carbocycles. The van der Waals surface area contributed by atoms with E-state index >= 15 is 0 Å². The summed E-state index contributed by atoms with van der Waals surface area (Å²) in [7, 11) is 0. The van der Waals surface area contributed by atoms with Crippen LogP contribution in [0.5, 0.6) is 5.75 Å². The van der Waals surface area contributed by atoms with Gasteiger partial charge in [-0.15, -0.1) is 0 Å². The van der Waals surface area contributed by atoms with Crippen LogP contribution in [-0.4, -0.2) is 12.1 Å². The molecule has 0 aliphatic heterocycles. The van der Waals surface area contributed by atoms with Gasteiger partial charge in [-0.2, -0.15) is 0 Å². The fourth-order valence-electron chi connectivity index (χ4n) is 2.52. The van der Waals surface area contributed by atoms with Gasteiger partial charge in [-0.1, -0.05) is 32.0 Å². The molecule has 2 rings (SSSR count). The van der Waals surface area contributed by atoms with Gasteiger partial charge in [0.15, 0.2) is 0 Å². The molecule has 2 N–H and O–H groups in total. The van der Waals surface area contributed by atoms with Crippen LogP contribution in [0, 0.1) is 12.3 Å². The highest BCUT2D eigenvalue weighted by atomic mass is 16.5. The molecular formula is C15H23NO. The van der Waals surface area contributed by atoms with Gasteiger partial charge in [0.25, 0.3) is 0 Å². The van der Waals surface area contributed by atoms with E-state index in [1.165, 1.54) is 12.0 Å². The maximum absolute atomic E-state index is 6.17. The standard InChI is InChI=1S/C15H23NO/c1-11-6-4-5-7-13(11)17-14-10-15(2,3)9-8-12(14)16/h4-7,12,14H,8-10,16H2,1-3H3. The summed E-state index contributed by atoms with van der Waals surface area (Å²) in [6.07, 6.45) is 3.45. The lowest BCUT2D eigenvalue weighted by Crippen LogP contribution is -2.46. The van der Waals surface area contributed by atoms with E-state index in [1.54, 1.807) is 0 Å². The molecule has 1 saturated carbocycles. The third-order valence-electron chi connectivity index (χ3n) is 3.76. The third kappa shape index (κ3) is 3.01. The van der Waals surface area contributed by atoms with Gasteiger partial charge in [-0.25, -0.2) is 0 Å². The van der Waals surface area contributed by atoms with Crippen LogP contribution in [0.3, 0.4) is 0 Å². The van der Waals surface area contributed by atoms with Crippen molar-refractivity contribution in [3.05, 3.63) is 29.8 Å². The summed E-state index contributed by atoms with van der Waals surface area (Å²) in [5.41, 5.74) is 7.71. The average molecular weight is 233 g/mol. The molecule has 0 saturated heterocycles. The highest BCUT2D eigenvalue weighted by Crippen LogP contribution is 2.36. The molecule has 1 aromatic rings. The molecule has 2 atom stereocenters. The monoisotopic (exact) mass is 233 g/mol. The predicted octanol–water partition coefficient (Wildman–Crippen LogP) is 3.28. The van der Waals surface area contributed by atoms with Crippen molar-refractivity contribution in [2.75, 3.05) is 0 Å². The van der Waals surface area contributed by atoms with Crippen molar-refractivity contribution in [2.45, 2.75) is 52.2 Å². The summed E-state index contributed by atoms with van der Waals surface area (Å²) in [5.74, 6) is 0.977. The number of rotatable bonds is 2. The normalized spacial score (nSPS) is 27.8. The quantitative estimate of drug-likeness (QED) is 0.850. The number of hydrogen-bond donors (Lipinski definition) is 1. The number of ether oxygens (including phenoxy) is 1. The maximum Gasteiger partial charge on any atom is 0.122 e. The zero-order valence-corrected chi connectivity index (χ0v) is 11.1. The minimum absolute atomic E-state index is 0.153. The van der Waals surface area contributed by atoms with E-state index in [4.69, 9.17) is 10.5 Å². The predicted molar refractivity (Wildman–Crippen MR) is 71.2 cm³/mol. The molecule has 2 unspecified atom stereocenters. The number of para-hydroxylation sites is 1. The smallest absolute Gasteiger partial charge is 0.122 e. The van der Waals surface area contributed by atoms with Crippen LogP contribution in [-0.2, 0) is 0 Å². The number of nitrogens with two attached hydrogens (primary N) is 1. The Balaban J connectivity index is 2.10. The Bertz CT molecular complexity index is 386. The van der Waals surface area contributed by atoms with Crippen molar-refractivity contribution < 1.29 is 4.74 Å². The second-order valence-corrected chi connectivity index (χ2v) is 5.99. The molecule has 1 aliphatic rings. The summed E-state index contributed by atoms with van der Waals surface area (Å²) >= 11 is 0. The summed E-state index contributed by atoms with van der Waals surface area (Å²) in [6.45, 7) is 6.68. The molecule has 94 valence electrons. The Hall–Kier alpha value is -1.02. The average Bonchev–Trinajstić information content (AvgIpc) is 2.26. The first-order valence-electron chi connectivity index (χ1n) is 6.46. The number of benzene rings is 1. The van der Waals surface area contributed by atoms with Crippen molar-refractivity contribution in [3.63, 3.8) is 0 Å². The largest absolute Gasteiger partial charge is 0.489 e. The Morgan fingerprint density at radius 1 is 1.29 bits per heavy atom. The summed E-state index contributed by atoms with van der Waals surface area (Å²) in [6, 6.07) is 8.33. The molecule has 0 amide bonds. The zero-order valence-electron chi connectivity index (χ0n) is 11.1. The van der Waals surface area contributed by atoms with Gasteiger partial charge in [0.2, 0.25) is 0 Å². The second-order valence-electron chi connectivity index (χ2n) is 5.99. The molecule has 1 fully saturated rings. The van der Waals surface area contributed by atoms with Crippen LogP contribution in [0.1, 0.15) is 38.7 Å². The number of hydrogen-bond acceptors (Lipinski definition) is 2. The molecular weight excluding hydrogens is 210 g/mol. The fraction of sp³-hybridized carbons (Fsp3) is 0.600. The van der Waals surface area contributed by atoms with E-state index in [2.05, 4.69) is 26.8 Å². The molecule has 0 spiro atoms. The molecule has 2 heteroatoms. The Morgan fingerprint density at radius 2 is 2.00 bits per heavy atom. The first-order valence-corrected chi connectivity index (χ1v) is 6.46. The summed E-state index contributed by atoms with van der Waals surface area (Å²) in [5, 5.41) is 0. The SMILES string of the molecule is Cc1ccccc1OC1CC(C)(C)CCC1N. The van der Waals surface area contributed by atoms with Gasteiger partial charge in [0.05, 0.1) is 0 Å². The van der Waals surface area contributed by atoms with Crippen LogP contribution in [0.25, 0.3) is 0 Å². The molecule has 2 nitrogen and oxygen atoms in total. The van der Waals surface area contributed by atoms with Crippen molar-refractivity contribution in [1.82, 2.24) is 0 Å². The van der Waals surface area contributed by atoms with Crippen LogP contribution < -0.4 is 10.5 Å². The van der Waals surface area contributed by atoms with Crippen molar-refractivity contribution in [2.24, 2.45) is 11.1 Å². The first-order chi connectivity index (χ1) is 7.98. The van der Waals surface area contributed by atoms with Crippen LogP contribution >= 0.6 is 0 Å². The summed E-state index contributed by atoms with van der Waals surface area (Å²) < 4.78 is 6.11. The third-order valence-corrected chi connectivity index (χ3v) is 3.76. The maximum atomic E-state index is 6.17. The lowest BCUT2D eigenvalue weighted by Gasteiger charge is -2.39. The lowest BCUT2D eigenvalue weighted by atomic mass is 9.74. The van der Waals surface area contributed by atoms with Gasteiger partial charge in [-0.3, -0.25) is 0 Å². The molecule has 0 aromatic heterocycles. The van der Waals surface area contributed by atoms with Crippen LogP contribution in [0.15, 0.2) is 24.3 Å². The zero-order chi connectivity index (χ0) is 12.5. The molecule has 1 aromatic carbocycles. The van der Waals surface area contributed by atoms with Crippen LogP contribution in [0.4, 0.5) is 0 Å². The molecule has 0 heterocycles. The highest BCUT2D eigenvalue weighted by molar-refractivity contribution is 5.32. The lowest BCUT2D eigenvalue weighted by molar-refractivity contribution is 0.0664. The van der Waals surface area contributed by atoms with E-state index in [0.717, 1.165) is 18.6 Å². The Labute approximate surface area is 104 Å². The molecule has 0 bridgehead atoms. The van der Waals surface area contributed by atoms with Gasteiger partial charge < -0.3 is 10.5 Å². The topological polar surface area (TPSA) is 35.2 Å². The van der Waals surface area contributed by atoms with Crippen molar-refractivity contribution in [3.8, 4) is 5.75 Å². The minimum Gasteiger partial charge on any atom is -0.489 e. The summed E-state index contributed by atoms with van der Waals surface area (Å²) in [4.78, 5) is 0. The molecule has 0 radical (unpaired) electrons. The van der Waals surface area contributed by atoms with E-state index in [9.17, 15) is 0 Å². The van der Waals surface area contributed by atoms with E-state index in [1.807, 2.05) is 18.2 Å². The van der Waals surface area contributed by atoms with Crippen molar-refractivity contribution >= 4 is 0 Å². The number of aryl methyl sites for hydroxylation is 1. The highest BCUT2D eigenvalue weighted by Gasteiger charge is 2.34. The fourth-order valence-corrected chi connectivity index (χ4v) is 2.52. The van der Waals surface area contributed by atoms with E-state index in [-0.39, 0.29) is 12.1 Å². The Morgan fingerprint density at radius 3 is 2.71 bits per heavy atom. The molecule has 17 heavy (non-hydrogen) atoms. The minimum atomic E-state index is 0.153. The van der Waals surface area contributed by atoms with Gasteiger partial charge in [0.1, 0.15) is 11.9 Å². The first kappa shape index (κ1) is 12.4. The second kappa shape index (κ2) is 4.69. The van der Waals surface area contributed by atoms with Gasteiger partial charge in [0, 0.05) is 6.04 Å².